The molecule has 0 aliphatic heterocycles. The molecule has 0 aromatic heterocycles. The van der Waals surface area contributed by atoms with Crippen LogP contribution in [-0.4, -0.2) is 11.0 Å². The van der Waals surface area contributed by atoms with Crippen molar-refractivity contribution in [1.29, 1.82) is 0 Å². The Morgan fingerprint density at radius 2 is 2.38 bits per heavy atom. The topological polar surface area (TPSA) is 55.2 Å². The third kappa shape index (κ3) is 2.11. The molecular formula is C11H13ClN2O2. The number of anilines is 1. The van der Waals surface area contributed by atoms with E-state index in [1.165, 1.54) is 6.07 Å². The molecule has 1 aliphatic rings. The standard InChI is InChI=1S/C11H13ClN2O2/c1-2-7-6-9(7)13-11-8(12)4-3-5-10(11)14(15)16/h3-5,7,9,13H,2,6H2,1H3. The number of para-hydroxylation sites is 1. The third-order valence-corrected chi connectivity index (χ3v) is 3.28. The molecule has 2 atom stereocenters. The average Bonchev–Trinajstić information content (AvgIpc) is 2.99. The fraction of sp³-hybridized carbons (Fsp3) is 0.455. The largest absolute Gasteiger partial charge is 0.375 e. The molecular weight excluding hydrogens is 228 g/mol. The van der Waals surface area contributed by atoms with Gasteiger partial charge in [0.2, 0.25) is 0 Å². The fourth-order valence-corrected chi connectivity index (χ4v) is 2.09. The van der Waals surface area contributed by atoms with Gasteiger partial charge in [0.15, 0.2) is 0 Å². The van der Waals surface area contributed by atoms with E-state index in [-0.39, 0.29) is 5.69 Å². The van der Waals surface area contributed by atoms with Crippen molar-refractivity contribution >= 4 is 23.0 Å². The van der Waals surface area contributed by atoms with Gasteiger partial charge in [0.25, 0.3) is 5.69 Å². The Morgan fingerprint density at radius 3 is 2.94 bits per heavy atom. The van der Waals surface area contributed by atoms with Gasteiger partial charge < -0.3 is 5.32 Å². The second kappa shape index (κ2) is 4.29. The summed E-state index contributed by atoms with van der Waals surface area (Å²) in [6.07, 6.45) is 2.16. The van der Waals surface area contributed by atoms with Gasteiger partial charge in [-0.3, -0.25) is 10.1 Å². The lowest BCUT2D eigenvalue weighted by molar-refractivity contribution is -0.384. The smallest absolute Gasteiger partial charge is 0.293 e. The molecule has 0 heterocycles. The third-order valence-electron chi connectivity index (χ3n) is 2.97. The molecule has 5 heteroatoms. The number of halogens is 1. The summed E-state index contributed by atoms with van der Waals surface area (Å²) >= 11 is 5.97. The number of nitro groups is 1. The van der Waals surface area contributed by atoms with Crippen LogP contribution in [0.5, 0.6) is 0 Å². The van der Waals surface area contributed by atoms with Crippen molar-refractivity contribution in [3.8, 4) is 0 Å². The summed E-state index contributed by atoms with van der Waals surface area (Å²) < 4.78 is 0. The molecule has 2 rings (SSSR count). The van der Waals surface area contributed by atoms with E-state index in [0.29, 0.717) is 22.7 Å². The highest BCUT2D eigenvalue weighted by Crippen LogP contribution is 2.40. The highest BCUT2D eigenvalue weighted by atomic mass is 35.5. The van der Waals surface area contributed by atoms with Crippen LogP contribution >= 0.6 is 11.6 Å². The normalized spacial score (nSPS) is 22.9. The maximum atomic E-state index is 10.8. The number of hydrogen-bond acceptors (Lipinski definition) is 3. The molecule has 86 valence electrons. The van der Waals surface area contributed by atoms with Crippen molar-refractivity contribution in [2.45, 2.75) is 25.8 Å². The van der Waals surface area contributed by atoms with Crippen LogP contribution in [0.2, 0.25) is 5.02 Å². The average molecular weight is 241 g/mol. The van der Waals surface area contributed by atoms with E-state index in [1.54, 1.807) is 12.1 Å². The van der Waals surface area contributed by atoms with E-state index in [4.69, 9.17) is 11.6 Å². The van der Waals surface area contributed by atoms with Crippen LogP contribution in [-0.2, 0) is 0 Å². The molecule has 1 fully saturated rings. The van der Waals surface area contributed by atoms with Gasteiger partial charge >= 0.3 is 0 Å². The van der Waals surface area contributed by atoms with E-state index in [0.717, 1.165) is 12.8 Å². The first-order valence-corrected chi connectivity index (χ1v) is 5.70. The van der Waals surface area contributed by atoms with Crippen molar-refractivity contribution in [3.63, 3.8) is 0 Å². The Kier molecular flexibility index (Phi) is 3.01. The quantitative estimate of drug-likeness (QED) is 0.648. The molecule has 2 unspecified atom stereocenters. The Morgan fingerprint density at radius 1 is 1.62 bits per heavy atom. The summed E-state index contributed by atoms with van der Waals surface area (Å²) in [4.78, 5) is 10.4. The summed E-state index contributed by atoms with van der Waals surface area (Å²) in [5, 5.41) is 14.4. The minimum Gasteiger partial charge on any atom is -0.375 e. The molecule has 0 spiro atoms. The zero-order valence-electron chi connectivity index (χ0n) is 8.94. The SMILES string of the molecule is CCC1CC1Nc1c(Cl)cccc1[N+](=O)[O-]. The molecule has 16 heavy (non-hydrogen) atoms. The summed E-state index contributed by atoms with van der Waals surface area (Å²) in [5.74, 6) is 0.621. The Labute approximate surface area is 98.8 Å². The number of nitrogens with one attached hydrogen (secondary N) is 1. The van der Waals surface area contributed by atoms with Crippen LogP contribution in [0.3, 0.4) is 0 Å². The van der Waals surface area contributed by atoms with Gasteiger partial charge in [-0.15, -0.1) is 0 Å². The highest BCUT2D eigenvalue weighted by Gasteiger charge is 2.36. The van der Waals surface area contributed by atoms with Crippen molar-refractivity contribution in [1.82, 2.24) is 0 Å². The molecule has 1 N–H and O–H groups in total. The first-order valence-electron chi connectivity index (χ1n) is 5.33. The molecule has 1 aliphatic carbocycles. The first kappa shape index (κ1) is 11.2. The van der Waals surface area contributed by atoms with Crippen LogP contribution < -0.4 is 5.32 Å². The van der Waals surface area contributed by atoms with Gasteiger partial charge in [0, 0.05) is 12.1 Å². The van der Waals surface area contributed by atoms with E-state index in [9.17, 15) is 10.1 Å². The molecule has 1 saturated carbocycles. The van der Waals surface area contributed by atoms with Gasteiger partial charge in [-0.2, -0.15) is 0 Å². The maximum absolute atomic E-state index is 10.8. The molecule has 0 saturated heterocycles. The van der Waals surface area contributed by atoms with E-state index >= 15 is 0 Å². The first-order chi connectivity index (χ1) is 7.63. The van der Waals surface area contributed by atoms with Crippen molar-refractivity contribution < 1.29 is 4.92 Å². The number of benzene rings is 1. The lowest BCUT2D eigenvalue weighted by Crippen LogP contribution is -2.07. The maximum Gasteiger partial charge on any atom is 0.293 e. The number of nitrogens with zero attached hydrogens (tertiary/aromatic N) is 1. The van der Waals surface area contributed by atoms with Gasteiger partial charge in [-0.05, 0) is 18.4 Å². The Balaban J connectivity index is 2.22. The molecule has 1 aromatic carbocycles. The fourth-order valence-electron chi connectivity index (χ4n) is 1.87. The van der Waals surface area contributed by atoms with Gasteiger partial charge in [0.05, 0.1) is 9.95 Å². The minimum absolute atomic E-state index is 0.0502. The summed E-state index contributed by atoms with van der Waals surface area (Å²) in [6.45, 7) is 2.12. The number of nitro benzene ring substituents is 1. The molecule has 1 aromatic rings. The van der Waals surface area contributed by atoms with Crippen LogP contribution in [0.1, 0.15) is 19.8 Å². The highest BCUT2D eigenvalue weighted by molar-refractivity contribution is 6.33. The Bertz CT molecular complexity index is 422. The Hall–Kier alpha value is -1.29. The molecule has 0 radical (unpaired) electrons. The zero-order valence-corrected chi connectivity index (χ0v) is 9.70. The molecule has 0 amide bonds. The lowest BCUT2D eigenvalue weighted by Gasteiger charge is -2.08. The van der Waals surface area contributed by atoms with Crippen molar-refractivity contribution in [2.24, 2.45) is 5.92 Å². The van der Waals surface area contributed by atoms with Crippen LogP contribution in [0.15, 0.2) is 18.2 Å². The van der Waals surface area contributed by atoms with Gasteiger partial charge in [-0.1, -0.05) is 31.0 Å². The van der Waals surface area contributed by atoms with E-state index in [2.05, 4.69) is 12.2 Å². The van der Waals surface area contributed by atoms with Crippen molar-refractivity contribution in [2.75, 3.05) is 5.32 Å². The van der Waals surface area contributed by atoms with Crippen molar-refractivity contribution in [3.05, 3.63) is 33.3 Å². The summed E-state index contributed by atoms with van der Waals surface area (Å²) in [7, 11) is 0. The van der Waals surface area contributed by atoms with Crippen LogP contribution in [0.4, 0.5) is 11.4 Å². The molecule has 4 nitrogen and oxygen atoms in total. The summed E-state index contributed by atoms with van der Waals surface area (Å²) in [5.41, 5.74) is 0.504. The predicted octanol–water partition coefficient (Wildman–Crippen LogP) is 3.46. The number of rotatable bonds is 4. The van der Waals surface area contributed by atoms with Gasteiger partial charge in [-0.25, -0.2) is 0 Å². The molecule has 0 bridgehead atoms. The van der Waals surface area contributed by atoms with E-state index < -0.39 is 4.92 Å². The summed E-state index contributed by atoms with van der Waals surface area (Å²) in [6, 6.07) is 5.07. The van der Waals surface area contributed by atoms with E-state index in [1.807, 2.05) is 0 Å². The number of hydrogen-bond donors (Lipinski definition) is 1. The van der Waals surface area contributed by atoms with Crippen LogP contribution in [0, 0.1) is 16.0 Å². The zero-order chi connectivity index (χ0) is 11.7. The minimum atomic E-state index is -0.405. The second-order valence-corrected chi connectivity index (χ2v) is 4.45. The predicted molar refractivity (Wildman–Crippen MR) is 63.9 cm³/mol. The monoisotopic (exact) mass is 240 g/mol. The van der Waals surface area contributed by atoms with Gasteiger partial charge in [0.1, 0.15) is 5.69 Å². The second-order valence-electron chi connectivity index (χ2n) is 4.05. The van der Waals surface area contributed by atoms with Crippen LogP contribution in [0.25, 0.3) is 0 Å². The lowest BCUT2D eigenvalue weighted by atomic mass is 10.2.